The molecule has 0 aromatic heterocycles. The molecule has 0 fully saturated rings. The van der Waals surface area contributed by atoms with Gasteiger partial charge in [0.1, 0.15) is 11.5 Å². The predicted octanol–water partition coefficient (Wildman–Crippen LogP) is 7.00. The number of benzene rings is 2. The average Bonchev–Trinajstić information content (AvgIpc) is 2.68. The molecule has 0 saturated carbocycles. The summed E-state index contributed by atoms with van der Waals surface area (Å²) in [5.74, 6) is 1.84. The first-order valence-corrected chi connectivity index (χ1v) is 9.78. The van der Waals surface area contributed by atoms with Crippen molar-refractivity contribution in [3.05, 3.63) is 59.7 Å². The zero-order valence-corrected chi connectivity index (χ0v) is 16.5. The Morgan fingerprint density at radius 1 is 0.808 bits per heavy atom. The van der Waals surface area contributed by atoms with E-state index < -0.39 is 0 Å². The molecule has 0 unspecified atom stereocenters. The Labute approximate surface area is 158 Å². The summed E-state index contributed by atoms with van der Waals surface area (Å²) in [6, 6.07) is 16.5. The molecule has 2 heteroatoms. The van der Waals surface area contributed by atoms with E-state index in [4.69, 9.17) is 9.47 Å². The molecule has 0 aliphatic rings. The predicted molar refractivity (Wildman–Crippen MR) is 112 cm³/mol. The fourth-order valence-electron chi connectivity index (χ4n) is 2.92. The molecule has 0 saturated heterocycles. The summed E-state index contributed by atoms with van der Waals surface area (Å²) in [7, 11) is 1.69. The van der Waals surface area contributed by atoms with Gasteiger partial charge < -0.3 is 9.47 Å². The van der Waals surface area contributed by atoms with E-state index in [1.54, 1.807) is 7.11 Å². The van der Waals surface area contributed by atoms with Crippen LogP contribution < -0.4 is 9.47 Å². The Kier molecular flexibility index (Phi) is 8.82. The Bertz CT molecular complexity index is 654. The van der Waals surface area contributed by atoms with Crippen LogP contribution in [-0.4, -0.2) is 13.7 Å². The molecular weight excluding hydrogens is 320 g/mol. The van der Waals surface area contributed by atoms with Crippen LogP contribution in [0, 0.1) is 0 Å². The van der Waals surface area contributed by atoms with Crippen molar-refractivity contribution in [2.45, 2.75) is 52.4 Å². The van der Waals surface area contributed by atoms with Crippen molar-refractivity contribution in [2.75, 3.05) is 13.7 Å². The van der Waals surface area contributed by atoms with Gasteiger partial charge in [-0.1, -0.05) is 69.4 Å². The molecule has 0 amide bonds. The minimum absolute atomic E-state index is 0.812. The summed E-state index contributed by atoms with van der Waals surface area (Å²) in [5.41, 5.74) is 3.62. The van der Waals surface area contributed by atoms with Gasteiger partial charge >= 0.3 is 0 Å². The lowest BCUT2D eigenvalue weighted by Gasteiger charge is -2.08. The van der Waals surface area contributed by atoms with E-state index in [1.807, 2.05) is 12.1 Å². The van der Waals surface area contributed by atoms with E-state index in [0.29, 0.717) is 0 Å². The highest BCUT2D eigenvalue weighted by Gasteiger charge is 1.99. The van der Waals surface area contributed by atoms with Gasteiger partial charge in [0, 0.05) is 0 Å². The van der Waals surface area contributed by atoms with Gasteiger partial charge in [-0.15, -0.1) is 0 Å². The van der Waals surface area contributed by atoms with Crippen molar-refractivity contribution < 1.29 is 9.47 Å². The van der Waals surface area contributed by atoms with E-state index in [-0.39, 0.29) is 0 Å². The van der Waals surface area contributed by atoms with E-state index in [9.17, 15) is 0 Å². The Morgan fingerprint density at radius 2 is 1.42 bits per heavy atom. The lowest BCUT2D eigenvalue weighted by Crippen LogP contribution is -1.97. The summed E-state index contributed by atoms with van der Waals surface area (Å²) in [4.78, 5) is 0. The molecule has 0 aliphatic carbocycles. The van der Waals surface area contributed by atoms with Crippen LogP contribution in [0.15, 0.2) is 48.5 Å². The summed E-state index contributed by atoms with van der Waals surface area (Å²) in [5, 5.41) is 0. The Morgan fingerprint density at radius 3 is 2.08 bits per heavy atom. The van der Waals surface area contributed by atoms with Crippen LogP contribution in [0.2, 0.25) is 0 Å². The van der Waals surface area contributed by atoms with Gasteiger partial charge in [0.25, 0.3) is 0 Å². The highest BCUT2D eigenvalue weighted by molar-refractivity contribution is 5.80. The molecule has 2 nitrogen and oxygen atoms in total. The van der Waals surface area contributed by atoms with E-state index in [2.05, 4.69) is 56.3 Å². The van der Waals surface area contributed by atoms with Crippen LogP contribution in [0.3, 0.4) is 0 Å². The minimum Gasteiger partial charge on any atom is -0.497 e. The van der Waals surface area contributed by atoms with Gasteiger partial charge in [-0.3, -0.25) is 0 Å². The summed E-state index contributed by atoms with van der Waals surface area (Å²) < 4.78 is 11.1. The van der Waals surface area contributed by atoms with Crippen LogP contribution in [0.1, 0.15) is 63.5 Å². The molecule has 140 valence electrons. The van der Waals surface area contributed by atoms with Gasteiger partial charge in [-0.25, -0.2) is 0 Å². The number of hydrogen-bond acceptors (Lipinski definition) is 2. The van der Waals surface area contributed by atoms with Crippen molar-refractivity contribution >= 4 is 11.6 Å². The topological polar surface area (TPSA) is 18.5 Å². The smallest absolute Gasteiger partial charge is 0.119 e. The van der Waals surface area contributed by atoms with Crippen LogP contribution in [0.5, 0.6) is 11.5 Å². The largest absolute Gasteiger partial charge is 0.497 e. The molecule has 0 spiro atoms. The zero-order chi connectivity index (χ0) is 18.6. The monoisotopic (exact) mass is 352 g/mol. The molecule has 26 heavy (non-hydrogen) atoms. The number of methoxy groups -OCH3 is 1. The first-order valence-electron chi connectivity index (χ1n) is 9.78. The second-order valence-electron chi connectivity index (χ2n) is 6.74. The van der Waals surface area contributed by atoms with Gasteiger partial charge in [-0.05, 0) is 54.3 Å². The van der Waals surface area contributed by atoms with Gasteiger partial charge in [0.2, 0.25) is 0 Å². The van der Waals surface area contributed by atoms with Crippen molar-refractivity contribution in [3.63, 3.8) is 0 Å². The molecule has 0 aliphatic heterocycles. The first kappa shape index (κ1) is 20.1. The normalized spacial score (nSPS) is 11.4. The molecule has 0 N–H and O–H groups in total. The lowest BCUT2D eigenvalue weighted by molar-refractivity contribution is 0.304. The molecular formula is C24H32O2. The lowest BCUT2D eigenvalue weighted by atomic mass is 10.0. The Balaban J connectivity index is 1.81. The highest BCUT2D eigenvalue weighted by atomic mass is 16.5. The SMILES string of the molecule is CCCCCCCCOc1ccc(/C(C)=C/c2ccc(OC)cc2)cc1. The number of rotatable bonds is 11. The van der Waals surface area contributed by atoms with Crippen molar-refractivity contribution in [3.8, 4) is 11.5 Å². The van der Waals surface area contributed by atoms with Crippen LogP contribution in [-0.2, 0) is 0 Å². The van der Waals surface area contributed by atoms with Crippen molar-refractivity contribution in [2.24, 2.45) is 0 Å². The number of hydrogen-bond donors (Lipinski definition) is 0. The first-order chi connectivity index (χ1) is 12.7. The highest BCUT2D eigenvalue weighted by Crippen LogP contribution is 2.22. The second kappa shape index (κ2) is 11.4. The van der Waals surface area contributed by atoms with Crippen LogP contribution >= 0.6 is 0 Å². The third-order valence-electron chi connectivity index (χ3n) is 4.58. The standard InChI is InChI=1S/C24H32O2/c1-4-5-6-7-8-9-18-26-24-16-12-22(13-17-24)20(2)19-21-10-14-23(25-3)15-11-21/h10-17,19H,4-9,18H2,1-3H3/b20-19+. The van der Waals surface area contributed by atoms with Crippen molar-refractivity contribution in [1.82, 2.24) is 0 Å². The third kappa shape index (κ3) is 6.95. The fourth-order valence-corrected chi connectivity index (χ4v) is 2.92. The van der Waals surface area contributed by atoms with Gasteiger partial charge in [0.05, 0.1) is 13.7 Å². The molecule has 2 aromatic rings. The molecule has 0 bridgehead atoms. The van der Waals surface area contributed by atoms with Gasteiger partial charge in [-0.2, -0.15) is 0 Å². The molecule has 0 heterocycles. The Hall–Kier alpha value is -2.22. The van der Waals surface area contributed by atoms with E-state index in [1.165, 1.54) is 48.8 Å². The number of ether oxygens (including phenoxy) is 2. The third-order valence-corrected chi connectivity index (χ3v) is 4.58. The maximum atomic E-state index is 5.86. The number of allylic oxidation sites excluding steroid dienone is 1. The quantitative estimate of drug-likeness (QED) is 0.320. The maximum absolute atomic E-state index is 5.86. The van der Waals surface area contributed by atoms with Crippen LogP contribution in [0.25, 0.3) is 11.6 Å². The maximum Gasteiger partial charge on any atom is 0.119 e. The molecule has 0 radical (unpaired) electrons. The molecule has 2 aromatic carbocycles. The zero-order valence-electron chi connectivity index (χ0n) is 16.5. The minimum atomic E-state index is 0.812. The molecule has 2 rings (SSSR count). The van der Waals surface area contributed by atoms with E-state index >= 15 is 0 Å². The van der Waals surface area contributed by atoms with E-state index in [0.717, 1.165) is 24.5 Å². The van der Waals surface area contributed by atoms with Crippen LogP contribution in [0.4, 0.5) is 0 Å². The molecule has 0 atom stereocenters. The fraction of sp³-hybridized carbons (Fsp3) is 0.417. The summed E-state index contributed by atoms with van der Waals surface area (Å²) >= 11 is 0. The average molecular weight is 353 g/mol. The summed E-state index contributed by atoms with van der Waals surface area (Å²) in [6.07, 6.45) is 9.92. The second-order valence-corrected chi connectivity index (χ2v) is 6.74. The van der Waals surface area contributed by atoms with Gasteiger partial charge in [0.15, 0.2) is 0 Å². The summed E-state index contributed by atoms with van der Waals surface area (Å²) in [6.45, 7) is 5.20. The van der Waals surface area contributed by atoms with Crippen molar-refractivity contribution in [1.29, 1.82) is 0 Å². The number of unbranched alkanes of at least 4 members (excludes halogenated alkanes) is 5.